The first-order valence-corrected chi connectivity index (χ1v) is 6.23. The molecule has 0 aliphatic rings. The lowest BCUT2D eigenvalue weighted by molar-refractivity contribution is 0.133. The second kappa shape index (κ2) is 7.71. The van der Waals surface area contributed by atoms with Gasteiger partial charge in [0.15, 0.2) is 0 Å². The fourth-order valence-electron chi connectivity index (χ4n) is 1.65. The molecule has 0 aliphatic heterocycles. The number of hydrogen-bond donors (Lipinski definition) is 1. The van der Waals surface area contributed by atoms with Gasteiger partial charge in [0.05, 0.1) is 0 Å². The van der Waals surface area contributed by atoms with Crippen molar-refractivity contribution >= 4 is 6.09 Å². The lowest BCUT2D eigenvalue weighted by Gasteiger charge is -2.20. The van der Waals surface area contributed by atoms with E-state index in [0.717, 1.165) is 18.5 Å². The van der Waals surface area contributed by atoms with E-state index in [9.17, 15) is 4.79 Å². The fourth-order valence-corrected chi connectivity index (χ4v) is 1.65. The predicted octanol–water partition coefficient (Wildman–Crippen LogP) is 2.25. The minimum Gasteiger partial charge on any atom is -0.445 e. The van der Waals surface area contributed by atoms with Crippen LogP contribution in [0.5, 0.6) is 0 Å². The Bertz CT molecular complexity index is 352. The molecule has 0 spiro atoms. The molecule has 0 bridgehead atoms. The van der Waals surface area contributed by atoms with Gasteiger partial charge in [0, 0.05) is 12.6 Å². The number of nitrogens with one attached hydrogen (secondary N) is 1. The Hall–Kier alpha value is -1.55. The van der Waals surface area contributed by atoms with Crippen molar-refractivity contribution in [3.63, 3.8) is 0 Å². The SMILES string of the molecule is CC[C@H](CN(C)C)NC(=O)OCc1ccccc1. The second-order valence-electron chi connectivity index (χ2n) is 4.57. The number of ether oxygens (including phenoxy) is 1. The number of hydrogen-bond acceptors (Lipinski definition) is 3. The summed E-state index contributed by atoms with van der Waals surface area (Å²) >= 11 is 0. The van der Waals surface area contributed by atoms with E-state index in [1.165, 1.54) is 0 Å². The Morgan fingerprint density at radius 2 is 2.00 bits per heavy atom. The summed E-state index contributed by atoms with van der Waals surface area (Å²) in [6, 6.07) is 9.79. The van der Waals surface area contributed by atoms with Crippen LogP contribution in [0.15, 0.2) is 30.3 Å². The van der Waals surface area contributed by atoms with Crippen LogP contribution in [0.1, 0.15) is 18.9 Å². The van der Waals surface area contributed by atoms with Crippen LogP contribution in [-0.2, 0) is 11.3 Å². The molecule has 18 heavy (non-hydrogen) atoms. The first-order chi connectivity index (χ1) is 8.61. The summed E-state index contributed by atoms with van der Waals surface area (Å²) in [6.45, 7) is 3.17. The standard InChI is InChI=1S/C14H22N2O2/c1-4-13(10-16(2)3)15-14(17)18-11-12-8-6-5-7-9-12/h5-9,13H,4,10-11H2,1-3H3,(H,15,17)/t13-/m1/s1. The van der Waals surface area contributed by atoms with Gasteiger partial charge in [0.1, 0.15) is 6.61 Å². The number of likely N-dealkylation sites (N-methyl/N-ethyl adjacent to an activating group) is 1. The molecule has 0 saturated carbocycles. The maximum absolute atomic E-state index is 11.6. The van der Waals surface area contributed by atoms with Crippen LogP contribution in [0.3, 0.4) is 0 Å². The monoisotopic (exact) mass is 250 g/mol. The van der Waals surface area contributed by atoms with Crippen molar-refractivity contribution < 1.29 is 9.53 Å². The zero-order chi connectivity index (χ0) is 13.4. The largest absolute Gasteiger partial charge is 0.445 e. The molecule has 4 heteroatoms. The molecule has 1 amide bonds. The number of nitrogens with zero attached hydrogens (tertiary/aromatic N) is 1. The number of carbonyl (C=O) groups excluding carboxylic acids is 1. The molecular formula is C14H22N2O2. The highest BCUT2D eigenvalue weighted by Gasteiger charge is 2.11. The lowest BCUT2D eigenvalue weighted by atomic mass is 10.2. The van der Waals surface area contributed by atoms with Gasteiger partial charge in [-0.2, -0.15) is 0 Å². The Labute approximate surface area is 109 Å². The van der Waals surface area contributed by atoms with Crippen LogP contribution in [-0.4, -0.2) is 37.7 Å². The van der Waals surface area contributed by atoms with E-state index in [-0.39, 0.29) is 12.1 Å². The van der Waals surface area contributed by atoms with Gasteiger partial charge >= 0.3 is 6.09 Å². The third kappa shape index (κ3) is 5.68. The average molecular weight is 250 g/mol. The van der Waals surface area contributed by atoms with Crippen LogP contribution >= 0.6 is 0 Å². The van der Waals surface area contributed by atoms with Crippen LogP contribution in [0, 0.1) is 0 Å². The molecule has 0 aromatic heterocycles. The van der Waals surface area contributed by atoms with Gasteiger partial charge in [-0.05, 0) is 26.1 Å². The van der Waals surface area contributed by atoms with Crippen molar-refractivity contribution in [1.82, 2.24) is 10.2 Å². The van der Waals surface area contributed by atoms with Crippen molar-refractivity contribution in [2.24, 2.45) is 0 Å². The molecule has 0 saturated heterocycles. The maximum atomic E-state index is 11.6. The number of amides is 1. The molecule has 0 fully saturated rings. The molecule has 100 valence electrons. The molecule has 0 heterocycles. The van der Waals surface area contributed by atoms with Crippen LogP contribution in [0.25, 0.3) is 0 Å². The van der Waals surface area contributed by atoms with Gasteiger partial charge in [-0.3, -0.25) is 0 Å². The summed E-state index contributed by atoms with van der Waals surface area (Å²) in [5, 5.41) is 2.87. The van der Waals surface area contributed by atoms with E-state index >= 15 is 0 Å². The van der Waals surface area contributed by atoms with E-state index in [1.54, 1.807) is 0 Å². The highest BCUT2D eigenvalue weighted by molar-refractivity contribution is 5.67. The van der Waals surface area contributed by atoms with Crippen molar-refractivity contribution in [3.05, 3.63) is 35.9 Å². The Morgan fingerprint density at radius 1 is 1.33 bits per heavy atom. The van der Waals surface area contributed by atoms with E-state index < -0.39 is 0 Å². The molecule has 1 N–H and O–H groups in total. The fraction of sp³-hybridized carbons (Fsp3) is 0.500. The van der Waals surface area contributed by atoms with E-state index in [0.29, 0.717) is 6.61 Å². The van der Waals surface area contributed by atoms with Crippen molar-refractivity contribution in [2.45, 2.75) is 26.0 Å². The van der Waals surface area contributed by atoms with Gasteiger partial charge in [-0.1, -0.05) is 37.3 Å². The Kier molecular flexibility index (Phi) is 6.22. The minimum absolute atomic E-state index is 0.128. The second-order valence-corrected chi connectivity index (χ2v) is 4.57. The average Bonchev–Trinajstić information content (AvgIpc) is 2.36. The summed E-state index contributed by atoms with van der Waals surface area (Å²) in [4.78, 5) is 13.7. The summed E-state index contributed by atoms with van der Waals surface area (Å²) in [6.07, 6.45) is 0.533. The number of alkyl carbamates (subject to hydrolysis) is 1. The van der Waals surface area contributed by atoms with Crippen molar-refractivity contribution in [1.29, 1.82) is 0 Å². The van der Waals surface area contributed by atoms with E-state index in [1.807, 2.05) is 56.3 Å². The molecule has 0 radical (unpaired) electrons. The normalized spacial score (nSPS) is 12.2. The zero-order valence-corrected chi connectivity index (χ0v) is 11.3. The molecule has 1 aromatic rings. The minimum atomic E-state index is -0.354. The third-order valence-electron chi connectivity index (χ3n) is 2.61. The molecule has 1 rings (SSSR count). The smallest absolute Gasteiger partial charge is 0.407 e. The highest BCUT2D eigenvalue weighted by atomic mass is 16.5. The molecule has 1 atom stereocenters. The molecule has 1 aromatic carbocycles. The number of rotatable bonds is 6. The maximum Gasteiger partial charge on any atom is 0.407 e. The van der Waals surface area contributed by atoms with Crippen LogP contribution in [0.4, 0.5) is 4.79 Å². The van der Waals surface area contributed by atoms with Crippen molar-refractivity contribution in [2.75, 3.05) is 20.6 Å². The first-order valence-electron chi connectivity index (χ1n) is 6.23. The molecular weight excluding hydrogens is 228 g/mol. The van der Waals surface area contributed by atoms with Gasteiger partial charge in [-0.15, -0.1) is 0 Å². The lowest BCUT2D eigenvalue weighted by Crippen LogP contribution is -2.41. The number of benzene rings is 1. The Morgan fingerprint density at radius 3 is 2.56 bits per heavy atom. The Balaban J connectivity index is 2.32. The van der Waals surface area contributed by atoms with Crippen LogP contribution in [0.2, 0.25) is 0 Å². The van der Waals surface area contributed by atoms with Gasteiger partial charge in [-0.25, -0.2) is 4.79 Å². The van der Waals surface area contributed by atoms with E-state index in [4.69, 9.17) is 4.74 Å². The summed E-state index contributed by atoms with van der Waals surface area (Å²) < 4.78 is 5.17. The third-order valence-corrected chi connectivity index (χ3v) is 2.61. The number of carbonyl (C=O) groups is 1. The topological polar surface area (TPSA) is 41.6 Å². The first kappa shape index (κ1) is 14.5. The molecule has 4 nitrogen and oxygen atoms in total. The van der Waals surface area contributed by atoms with Crippen LogP contribution < -0.4 is 5.32 Å². The van der Waals surface area contributed by atoms with Gasteiger partial charge in [0.2, 0.25) is 0 Å². The summed E-state index contributed by atoms with van der Waals surface area (Å²) in [5.74, 6) is 0. The van der Waals surface area contributed by atoms with Gasteiger partial charge < -0.3 is 15.0 Å². The zero-order valence-electron chi connectivity index (χ0n) is 11.3. The van der Waals surface area contributed by atoms with Gasteiger partial charge in [0.25, 0.3) is 0 Å². The van der Waals surface area contributed by atoms with Crippen molar-refractivity contribution in [3.8, 4) is 0 Å². The summed E-state index contributed by atoms with van der Waals surface area (Å²) in [7, 11) is 3.97. The molecule has 0 aliphatic carbocycles. The quantitative estimate of drug-likeness (QED) is 0.842. The van der Waals surface area contributed by atoms with E-state index in [2.05, 4.69) is 5.32 Å². The highest BCUT2D eigenvalue weighted by Crippen LogP contribution is 2.01. The predicted molar refractivity (Wildman–Crippen MR) is 72.4 cm³/mol. The molecule has 0 unspecified atom stereocenters. The summed E-state index contributed by atoms with van der Waals surface area (Å²) in [5.41, 5.74) is 0.994.